The van der Waals surface area contributed by atoms with Gasteiger partial charge in [0.05, 0.1) is 11.6 Å². The Bertz CT molecular complexity index is 503. The minimum absolute atomic E-state index is 0.111. The van der Waals surface area contributed by atoms with Gasteiger partial charge in [-0.15, -0.1) is 0 Å². The lowest BCUT2D eigenvalue weighted by molar-refractivity contribution is -0.159. The van der Waals surface area contributed by atoms with Crippen LogP contribution >= 0.6 is 0 Å². The van der Waals surface area contributed by atoms with Gasteiger partial charge >= 0.3 is 0 Å². The Hall–Kier alpha value is -1.26. The van der Waals surface area contributed by atoms with Crippen molar-refractivity contribution in [3.8, 4) is 0 Å². The summed E-state index contributed by atoms with van der Waals surface area (Å²) in [7, 11) is 0. The molecule has 0 amide bonds. The standard InChI is InChI=1S/C17H23NO3/c1-2-21-17(8-11-20-12-9-17)16(19)14-7-3-5-13-6-4-10-18-15(13)14/h4,6,10,14H,2-3,5,7-9,11-12H2,1H3. The predicted octanol–water partition coefficient (Wildman–Crippen LogP) is 2.66. The fourth-order valence-electron chi connectivity index (χ4n) is 3.62. The maximum Gasteiger partial charge on any atom is 0.173 e. The molecule has 0 saturated carbocycles. The summed E-state index contributed by atoms with van der Waals surface area (Å²) < 4.78 is 11.4. The van der Waals surface area contributed by atoms with Gasteiger partial charge in [0.1, 0.15) is 5.60 Å². The molecule has 1 aliphatic carbocycles. The van der Waals surface area contributed by atoms with Crippen molar-refractivity contribution in [2.75, 3.05) is 19.8 Å². The number of ketones is 1. The largest absolute Gasteiger partial charge is 0.381 e. The second kappa shape index (κ2) is 6.24. The second-order valence-corrected chi connectivity index (χ2v) is 5.90. The summed E-state index contributed by atoms with van der Waals surface area (Å²) in [5, 5.41) is 0. The molecule has 0 aromatic carbocycles. The third kappa shape index (κ3) is 2.74. The quantitative estimate of drug-likeness (QED) is 0.855. The molecule has 1 aromatic heterocycles. The first-order valence-corrected chi connectivity index (χ1v) is 7.96. The number of nitrogens with zero attached hydrogens (tertiary/aromatic N) is 1. The lowest BCUT2D eigenvalue weighted by Gasteiger charge is -2.38. The van der Waals surface area contributed by atoms with E-state index in [-0.39, 0.29) is 11.7 Å². The third-order valence-corrected chi connectivity index (χ3v) is 4.68. The normalized spacial score (nSPS) is 24.3. The number of rotatable bonds is 4. The van der Waals surface area contributed by atoms with Gasteiger partial charge in [-0.05, 0) is 37.8 Å². The number of hydrogen-bond acceptors (Lipinski definition) is 4. The van der Waals surface area contributed by atoms with Crippen LogP contribution in [0.1, 0.15) is 49.8 Å². The number of aromatic nitrogens is 1. The van der Waals surface area contributed by atoms with Crippen LogP contribution in [0, 0.1) is 0 Å². The first-order chi connectivity index (χ1) is 10.3. The Kier molecular flexibility index (Phi) is 4.36. The van der Waals surface area contributed by atoms with Crippen LogP contribution in [0.3, 0.4) is 0 Å². The van der Waals surface area contributed by atoms with Crippen LogP contribution in [0.15, 0.2) is 18.3 Å². The molecule has 1 atom stereocenters. The fourth-order valence-corrected chi connectivity index (χ4v) is 3.62. The topological polar surface area (TPSA) is 48.4 Å². The number of Topliss-reactive ketones (excluding diaryl/α,β-unsaturated/α-hetero) is 1. The molecule has 1 unspecified atom stereocenters. The van der Waals surface area contributed by atoms with E-state index >= 15 is 0 Å². The Morgan fingerprint density at radius 3 is 3.05 bits per heavy atom. The molecule has 2 aliphatic rings. The van der Waals surface area contributed by atoms with Gasteiger partial charge in [-0.25, -0.2) is 0 Å². The Labute approximate surface area is 125 Å². The molecule has 4 heteroatoms. The van der Waals surface area contributed by atoms with Gasteiger partial charge in [0.25, 0.3) is 0 Å². The van der Waals surface area contributed by atoms with E-state index in [4.69, 9.17) is 9.47 Å². The number of pyridine rings is 1. The van der Waals surface area contributed by atoms with Crippen molar-refractivity contribution in [3.05, 3.63) is 29.6 Å². The number of carbonyl (C=O) groups is 1. The molecule has 1 fully saturated rings. The van der Waals surface area contributed by atoms with Gasteiger partial charge in [0, 0.05) is 38.9 Å². The summed E-state index contributed by atoms with van der Waals surface area (Å²) in [6.45, 7) is 3.73. The molecule has 0 N–H and O–H groups in total. The van der Waals surface area contributed by atoms with Crippen molar-refractivity contribution in [1.82, 2.24) is 4.98 Å². The van der Waals surface area contributed by atoms with Crippen molar-refractivity contribution in [3.63, 3.8) is 0 Å². The average molecular weight is 289 g/mol. The van der Waals surface area contributed by atoms with Crippen molar-refractivity contribution in [2.24, 2.45) is 0 Å². The molecule has 0 radical (unpaired) electrons. The van der Waals surface area contributed by atoms with Crippen molar-refractivity contribution in [2.45, 2.75) is 50.5 Å². The lowest BCUT2D eigenvalue weighted by atomic mass is 9.75. The van der Waals surface area contributed by atoms with Crippen LogP contribution in [0.4, 0.5) is 0 Å². The third-order valence-electron chi connectivity index (χ3n) is 4.68. The van der Waals surface area contributed by atoms with Crippen LogP contribution < -0.4 is 0 Å². The fraction of sp³-hybridized carbons (Fsp3) is 0.647. The summed E-state index contributed by atoms with van der Waals surface area (Å²) in [5.74, 6) is 0.104. The zero-order chi connectivity index (χ0) is 14.7. The van der Waals surface area contributed by atoms with E-state index in [2.05, 4.69) is 11.1 Å². The average Bonchev–Trinajstić information content (AvgIpc) is 2.55. The van der Waals surface area contributed by atoms with E-state index in [0.717, 1.165) is 25.0 Å². The summed E-state index contributed by atoms with van der Waals surface area (Å²) in [4.78, 5) is 17.7. The molecule has 4 nitrogen and oxygen atoms in total. The van der Waals surface area contributed by atoms with Crippen LogP contribution in [-0.2, 0) is 20.7 Å². The molecule has 0 bridgehead atoms. The van der Waals surface area contributed by atoms with E-state index < -0.39 is 5.60 Å². The zero-order valence-corrected chi connectivity index (χ0v) is 12.6. The zero-order valence-electron chi connectivity index (χ0n) is 12.6. The summed E-state index contributed by atoms with van der Waals surface area (Å²) in [6, 6.07) is 4.05. The molecule has 1 saturated heterocycles. The first kappa shape index (κ1) is 14.7. The number of aryl methyl sites for hydroxylation is 1. The predicted molar refractivity (Wildman–Crippen MR) is 79.3 cm³/mol. The maximum atomic E-state index is 13.2. The molecule has 2 heterocycles. The Morgan fingerprint density at radius 1 is 1.48 bits per heavy atom. The van der Waals surface area contributed by atoms with Crippen molar-refractivity contribution in [1.29, 1.82) is 0 Å². The molecular formula is C17H23NO3. The number of carbonyl (C=O) groups excluding carboxylic acids is 1. The highest BCUT2D eigenvalue weighted by Crippen LogP contribution is 2.38. The molecule has 114 valence electrons. The summed E-state index contributed by atoms with van der Waals surface area (Å²) >= 11 is 0. The lowest BCUT2D eigenvalue weighted by Crippen LogP contribution is -2.49. The highest BCUT2D eigenvalue weighted by molar-refractivity contribution is 5.93. The SMILES string of the molecule is CCOC1(C(=O)C2CCCc3cccnc32)CCOCC1. The van der Waals surface area contributed by atoms with Crippen LogP contribution in [0.2, 0.25) is 0 Å². The van der Waals surface area contributed by atoms with E-state index in [1.54, 1.807) is 6.20 Å². The van der Waals surface area contributed by atoms with Gasteiger partial charge in [-0.1, -0.05) is 6.07 Å². The van der Waals surface area contributed by atoms with E-state index in [0.29, 0.717) is 32.7 Å². The molecule has 1 aliphatic heterocycles. The molecule has 0 spiro atoms. The first-order valence-electron chi connectivity index (χ1n) is 7.96. The van der Waals surface area contributed by atoms with Crippen LogP contribution in [0.5, 0.6) is 0 Å². The molecule has 21 heavy (non-hydrogen) atoms. The molecular weight excluding hydrogens is 266 g/mol. The molecule has 1 aromatic rings. The highest BCUT2D eigenvalue weighted by Gasteiger charge is 2.45. The number of fused-ring (bicyclic) bond motifs is 1. The van der Waals surface area contributed by atoms with Gasteiger partial charge in [0.15, 0.2) is 5.78 Å². The second-order valence-electron chi connectivity index (χ2n) is 5.90. The van der Waals surface area contributed by atoms with E-state index in [1.165, 1.54) is 5.56 Å². The van der Waals surface area contributed by atoms with Crippen molar-refractivity contribution < 1.29 is 14.3 Å². The molecule has 3 rings (SSSR count). The Balaban J connectivity index is 1.90. The highest BCUT2D eigenvalue weighted by atomic mass is 16.5. The minimum Gasteiger partial charge on any atom is -0.381 e. The Morgan fingerprint density at radius 2 is 2.29 bits per heavy atom. The number of hydrogen-bond donors (Lipinski definition) is 0. The van der Waals surface area contributed by atoms with Gasteiger partial charge in [0.2, 0.25) is 0 Å². The van der Waals surface area contributed by atoms with Gasteiger partial charge < -0.3 is 9.47 Å². The van der Waals surface area contributed by atoms with Crippen LogP contribution in [-0.4, -0.2) is 36.2 Å². The van der Waals surface area contributed by atoms with E-state index in [1.807, 2.05) is 13.0 Å². The van der Waals surface area contributed by atoms with Gasteiger partial charge in [-0.3, -0.25) is 9.78 Å². The maximum absolute atomic E-state index is 13.2. The summed E-state index contributed by atoms with van der Waals surface area (Å²) in [5.41, 5.74) is 1.53. The monoisotopic (exact) mass is 289 g/mol. The van der Waals surface area contributed by atoms with E-state index in [9.17, 15) is 4.79 Å². The minimum atomic E-state index is -0.663. The van der Waals surface area contributed by atoms with Gasteiger partial charge in [-0.2, -0.15) is 0 Å². The van der Waals surface area contributed by atoms with Crippen LogP contribution in [0.25, 0.3) is 0 Å². The number of ether oxygens (including phenoxy) is 2. The summed E-state index contributed by atoms with van der Waals surface area (Å²) in [6.07, 6.45) is 6.09. The smallest absolute Gasteiger partial charge is 0.173 e. The van der Waals surface area contributed by atoms with Crippen molar-refractivity contribution >= 4 is 5.78 Å².